The largest absolute Gasteiger partial charge is 0.351 e. The fourth-order valence-electron chi connectivity index (χ4n) is 3.61. The number of piperazine rings is 1. The quantitative estimate of drug-likeness (QED) is 0.545. The molecule has 1 aliphatic rings. The molecule has 0 bridgehead atoms. The molecule has 1 fully saturated rings. The number of sulfone groups is 1. The number of nitrogens with zero attached hydrogens (tertiary/aromatic N) is 3. The Kier molecular flexibility index (Phi) is 6.99. The van der Waals surface area contributed by atoms with E-state index in [2.05, 4.69) is 15.1 Å². The number of hydrogen-bond acceptors (Lipinski definition) is 7. The highest BCUT2D eigenvalue weighted by molar-refractivity contribution is 7.91. The number of rotatable bonds is 7. The molecule has 0 atom stereocenters. The summed E-state index contributed by atoms with van der Waals surface area (Å²) in [5.74, 6) is -0.158. The fraction of sp³-hybridized carbons (Fsp3) is 0.364. The second-order valence-corrected chi connectivity index (χ2v) is 11.3. The van der Waals surface area contributed by atoms with E-state index in [4.69, 9.17) is 16.6 Å². The van der Waals surface area contributed by atoms with Gasteiger partial charge < -0.3 is 10.2 Å². The smallest absolute Gasteiger partial charge is 0.251 e. The van der Waals surface area contributed by atoms with Gasteiger partial charge in [-0.3, -0.25) is 9.69 Å². The zero-order chi connectivity index (χ0) is 22.7. The second kappa shape index (κ2) is 9.74. The minimum absolute atomic E-state index is 0.0402. The van der Waals surface area contributed by atoms with Gasteiger partial charge in [0.25, 0.3) is 5.91 Å². The van der Waals surface area contributed by atoms with Gasteiger partial charge in [0, 0.05) is 44.8 Å². The Morgan fingerprint density at radius 1 is 1.12 bits per heavy atom. The third-order valence-electron chi connectivity index (χ3n) is 5.57. The van der Waals surface area contributed by atoms with E-state index in [1.807, 2.05) is 18.2 Å². The number of nitrogens with one attached hydrogen (secondary N) is 1. The molecule has 170 valence electrons. The summed E-state index contributed by atoms with van der Waals surface area (Å²) >= 11 is 7.91. The van der Waals surface area contributed by atoms with Crippen LogP contribution in [0.5, 0.6) is 0 Å². The van der Waals surface area contributed by atoms with Crippen LogP contribution in [-0.2, 0) is 9.84 Å². The van der Waals surface area contributed by atoms with Gasteiger partial charge in [0.05, 0.1) is 20.4 Å². The van der Waals surface area contributed by atoms with Crippen molar-refractivity contribution in [2.45, 2.75) is 11.8 Å². The van der Waals surface area contributed by atoms with Crippen molar-refractivity contribution in [3.05, 3.63) is 53.1 Å². The number of anilines is 1. The molecule has 4 rings (SSSR count). The average molecular weight is 493 g/mol. The topological polar surface area (TPSA) is 82.6 Å². The zero-order valence-electron chi connectivity index (χ0n) is 17.8. The summed E-state index contributed by atoms with van der Waals surface area (Å²) < 4.78 is 24.9. The van der Waals surface area contributed by atoms with Gasteiger partial charge in [0.1, 0.15) is 5.52 Å². The first-order valence-corrected chi connectivity index (χ1v) is 13.4. The van der Waals surface area contributed by atoms with Gasteiger partial charge in [-0.25, -0.2) is 13.4 Å². The van der Waals surface area contributed by atoms with Crippen molar-refractivity contribution >= 4 is 54.0 Å². The van der Waals surface area contributed by atoms with E-state index in [0.717, 1.165) is 48.1 Å². The van der Waals surface area contributed by atoms with Crippen molar-refractivity contribution in [3.63, 3.8) is 0 Å². The van der Waals surface area contributed by atoms with Gasteiger partial charge in [0.2, 0.25) is 0 Å². The lowest BCUT2D eigenvalue weighted by Crippen LogP contribution is -2.48. The van der Waals surface area contributed by atoms with Gasteiger partial charge in [-0.2, -0.15) is 0 Å². The van der Waals surface area contributed by atoms with Crippen molar-refractivity contribution in [1.82, 2.24) is 15.2 Å². The molecular formula is C22H25ClN4O3S2. The summed E-state index contributed by atoms with van der Waals surface area (Å²) in [6, 6.07) is 11.9. The number of hydrogen-bond donors (Lipinski definition) is 1. The molecule has 0 aliphatic carbocycles. The first-order chi connectivity index (χ1) is 15.4. The Balaban J connectivity index is 1.24. The molecule has 32 heavy (non-hydrogen) atoms. The van der Waals surface area contributed by atoms with Gasteiger partial charge in [-0.05, 0) is 36.4 Å². The predicted octanol–water partition coefficient (Wildman–Crippen LogP) is 3.30. The number of fused-ring (bicyclic) bond motifs is 1. The lowest BCUT2D eigenvalue weighted by molar-refractivity contribution is 0.0947. The van der Waals surface area contributed by atoms with Crippen LogP contribution >= 0.6 is 22.9 Å². The Labute approximate surface area is 196 Å². The Bertz CT molecular complexity index is 1200. The summed E-state index contributed by atoms with van der Waals surface area (Å²) in [5, 5.41) is 4.59. The van der Waals surface area contributed by atoms with Crippen LogP contribution in [0.4, 0.5) is 5.13 Å². The van der Waals surface area contributed by atoms with Crippen LogP contribution in [0, 0.1) is 0 Å². The molecule has 0 unspecified atom stereocenters. The van der Waals surface area contributed by atoms with Crippen LogP contribution in [0.3, 0.4) is 0 Å². The van der Waals surface area contributed by atoms with Crippen LogP contribution in [0.2, 0.25) is 5.02 Å². The zero-order valence-corrected chi connectivity index (χ0v) is 20.1. The minimum atomic E-state index is -3.26. The van der Waals surface area contributed by atoms with Crippen LogP contribution in [-0.4, -0.2) is 69.2 Å². The Morgan fingerprint density at radius 2 is 1.84 bits per heavy atom. The number of thiazole rings is 1. The molecule has 1 aromatic heterocycles. The number of benzene rings is 2. The highest BCUT2D eigenvalue weighted by atomic mass is 35.5. The maximum atomic E-state index is 12.4. The predicted molar refractivity (Wildman–Crippen MR) is 130 cm³/mol. The molecule has 1 amide bonds. The SMILES string of the molecule is CCS(=O)(=O)c1ccc(C(=O)NCCN2CCN(c3nc4c(Cl)cccc4s3)CC2)cc1. The van der Waals surface area contributed by atoms with E-state index in [1.165, 1.54) is 12.1 Å². The van der Waals surface area contributed by atoms with Crippen molar-refractivity contribution in [1.29, 1.82) is 0 Å². The van der Waals surface area contributed by atoms with Crippen LogP contribution in [0.25, 0.3) is 10.2 Å². The van der Waals surface area contributed by atoms with Crippen molar-refractivity contribution in [3.8, 4) is 0 Å². The molecule has 2 heterocycles. The highest BCUT2D eigenvalue weighted by Gasteiger charge is 2.20. The van der Waals surface area contributed by atoms with E-state index in [9.17, 15) is 13.2 Å². The van der Waals surface area contributed by atoms with Gasteiger partial charge >= 0.3 is 0 Å². The molecule has 1 aliphatic heterocycles. The van der Waals surface area contributed by atoms with Gasteiger partial charge in [-0.15, -0.1) is 0 Å². The van der Waals surface area contributed by atoms with E-state index < -0.39 is 9.84 Å². The van der Waals surface area contributed by atoms with E-state index >= 15 is 0 Å². The van der Waals surface area contributed by atoms with Crippen molar-refractivity contribution in [2.75, 3.05) is 49.9 Å². The summed E-state index contributed by atoms with van der Waals surface area (Å²) in [6.45, 7) is 6.42. The van der Waals surface area contributed by atoms with Crippen molar-refractivity contribution in [2.24, 2.45) is 0 Å². The highest BCUT2D eigenvalue weighted by Crippen LogP contribution is 2.33. The molecule has 1 saturated heterocycles. The lowest BCUT2D eigenvalue weighted by Gasteiger charge is -2.34. The normalized spacial score (nSPS) is 15.2. The molecular weight excluding hydrogens is 468 g/mol. The van der Waals surface area contributed by atoms with Gasteiger partial charge in [-0.1, -0.05) is 35.9 Å². The molecule has 1 N–H and O–H groups in total. The van der Waals surface area contributed by atoms with Crippen LogP contribution < -0.4 is 10.2 Å². The van der Waals surface area contributed by atoms with Crippen LogP contribution in [0.15, 0.2) is 47.4 Å². The lowest BCUT2D eigenvalue weighted by atomic mass is 10.2. The van der Waals surface area contributed by atoms with E-state index in [1.54, 1.807) is 30.4 Å². The second-order valence-electron chi connectivity index (χ2n) is 7.60. The molecule has 0 saturated carbocycles. The summed E-state index contributed by atoms with van der Waals surface area (Å²) in [6.07, 6.45) is 0. The third-order valence-corrected chi connectivity index (χ3v) is 8.71. The average Bonchev–Trinajstić information content (AvgIpc) is 3.25. The van der Waals surface area contributed by atoms with E-state index in [-0.39, 0.29) is 16.6 Å². The molecule has 2 aromatic carbocycles. The fourth-order valence-corrected chi connectivity index (χ4v) is 5.81. The number of halogens is 1. The maximum Gasteiger partial charge on any atom is 0.251 e. The maximum absolute atomic E-state index is 12.4. The molecule has 7 nitrogen and oxygen atoms in total. The Morgan fingerprint density at radius 3 is 2.50 bits per heavy atom. The van der Waals surface area contributed by atoms with Crippen molar-refractivity contribution < 1.29 is 13.2 Å². The number of carbonyl (C=O) groups excluding carboxylic acids is 1. The van der Waals surface area contributed by atoms with Crippen LogP contribution in [0.1, 0.15) is 17.3 Å². The molecule has 3 aromatic rings. The Hall–Kier alpha value is -2.20. The molecule has 0 radical (unpaired) electrons. The number of carbonyl (C=O) groups is 1. The number of aromatic nitrogens is 1. The first kappa shape index (κ1) is 23.0. The monoisotopic (exact) mass is 492 g/mol. The standard InChI is InChI=1S/C22H25ClN4O3S2/c1-2-32(29,30)17-8-6-16(7-9-17)21(28)24-10-11-26-12-14-27(15-13-26)22-25-20-18(23)4-3-5-19(20)31-22/h3-9H,2,10-15H2,1H3,(H,24,28). The summed E-state index contributed by atoms with van der Waals surface area (Å²) in [7, 11) is -3.26. The number of amides is 1. The third kappa shape index (κ3) is 5.06. The molecule has 0 spiro atoms. The molecule has 10 heteroatoms. The van der Waals surface area contributed by atoms with E-state index in [0.29, 0.717) is 17.1 Å². The summed E-state index contributed by atoms with van der Waals surface area (Å²) in [4.78, 5) is 21.9. The van der Waals surface area contributed by atoms with Gasteiger partial charge in [0.15, 0.2) is 15.0 Å². The summed E-state index contributed by atoms with van der Waals surface area (Å²) in [5.41, 5.74) is 1.32. The first-order valence-electron chi connectivity index (χ1n) is 10.5. The minimum Gasteiger partial charge on any atom is -0.351 e. The number of para-hydroxylation sites is 1.